The Balaban J connectivity index is 1.58. The van der Waals surface area contributed by atoms with Crippen LogP contribution in [0.25, 0.3) is 0 Å². The van der Waals surface area contributed by atoms with Crippen LogP contribution in [0.5, 0.6) is 0 Å². The van der Waals surface area contributed by atoms with Crippen molar-refractivity contribution in [3.63, 3.8) is 0 Å². The van der Waals surface area contributed by atoms with Crippen molar-refractivity contribution in [2.24, 2.45) is 5.92 Å². The van der Waals surface area contributed by atoms with Crippen LogP contribution in [0.2, 0.25) is 0 Å². The Morgan fingerprint density at radius 3 is 2.06 bits per heavy atom. The molecule has 2 aromatic carbocycles. The van der Waals surface area contributed by atoms with Crippen LogP contribution in [0, 0.1) is 5.92 Å². The van der Waals surface area contributed by atoms with E-state index in [4.69, 9.17) is 4.74 Å². The number of carbonyl (C=O) groups is 1. The molecule has 33 heavy (non-hydrogen) atoms. The second kappa shape index (κ2) is 11.1. The Morgan fingerprint density at radius 2 is 1.52 bits per heavy atom. The summed E-state index contributed by atoms with van der Waals surface area (Å²) in [7, 11) is -3.52. The molecule has 0 aromatic heterocycles. The van der Waals surface area contributed by atoms with Crippen LogP contribution in [0.4, 0.5) is 4.79 Å². The summed E-state index contributed by atoms with van der Waals surface area (Å²) in [6.45, 7) is 10.3. The SMILES string of the molecule is CC(C)c1ccc([C@@H](NC(=O)NCc2ccc(S(=O)(=O)N3CCOCC3)cc2)C(C)C)cc1. The number of nitrogens with zero attached hydrogens (tertiary/aromatic N) is 1. The van der Waals surface area contributed by atoms with E-state index >= 15 is 0 Å². The number of ether oxygens (including phenoxy) is 1. The van der Waals surface area contributed by atoms with Crippen molar-refractivity contribution in [3.8, 4) is 0 Å². The van der Waals surface area contributed by atoms with Crippen molar-refractivity contribution in [3.05, 3.63) is 65.2 Å². The third kappa shape index (κ3) is 6.56. The summed E-state index contributed by atoms with van der Waals surface area (Å²) in [6.07, 6.45) is 0. The molecule has 7 nitrogen and oxygen atoms in total. The van der Waals surface area contributed by atoms with E-state index in [1.807, 2.05) is 0 Å². The summed E-state index contributed by atoms with van der Waals surface area (Å²) in [5.41, 5.74) is 3.17. The summed E-state index contributed by atoms with van der Waals surface area (Å²) in [6, 6.07) is 14.7. The Morgan fingerprint density at radius 1 is 0.939 bits per heavy atom. The van der Waals surface area contributed by atoms with E-state index in [1.165, 1.54) is 9.87 Å². The standard InChI is InChI=1S/C25H35N3O4S/c1-18(2)21-7-9-22(10-8-21)24(19(3)4)27-25(29)26-17-20-5-11-23(12-6-20)33(30,31)28-13-15-32-16-14-28/h5-12,18-19,24H,13-17H2,1-4H3,(H2,26,27,29)/t24-/m0/s1. The molecule has 2 N–H and O–H groups in total. The number of morpholine rings is 1. The lowest BCUT2D eigenvalue weighted by atomic mass is 9.93. The molecule has 0 unspecified atom stereocenters. The second-order valence-corrected chi connectivity index (χ2v) is 11.0. The predicted octanol–water partition coefficient (Wildman–Crippen LogP) is 4.03. The molecule has 0 radical (unpaired) electrons. The number of hydrogen-bond acceptors (Lipinski definition) is 4. The first-order valence-corrected chi connectivity index (χ1v) is 12.9. The maximum atomic E-state index is 12.7. The van der Waals surface area contributed by atoms with Gasteiger partial charge in [0.05, 0.1) is 24.2 Å². The summed E-state index contributed by atoms with van der Waals surface area (Å²) >= 11 is 0. The molecule has 0 saturated carbocycles. The van der Waals surface area contributed by atoms with E-state index in [-0.39, 0.29) is 22.9 Å². The van der Waals surface area contributed by atoms with Gasteiger partial charge in [0.1, 0.15) is 0 Å². The van der Waals surface area contributed by atoms with Crippen LogP contribution >= 0.6 is 0 Å². The van der Waals surface area contributed by atoms with Crippen LogP contribution in [-0.4, -0.2) is 45.1 Å². The van der Waals surface area contributed by atoms with Gasteiger partial charge in [0.15, 0.2) is 0 Å². The fraction of sp³-hybridized carbons (Fsp3) is 0.480. The van der Waals surface area contributed by atoms with Gasteiger partial charge in [-0.1, -0.05) is 64.1 Å². The number of urea groups is 1. The lowest BCUT2D eigenvalue weighted by Crippen LogP contribution is -2.40. The summed E-state index contributed by atoms with van der Waals surface area (Å²) in [4.78, 5) is 12.8. The van der Waals surface area contributed by atoms with Crippen LogP contribution in [0.3, 0.4) is 0 Å². The number of sulfonamides is 1. The average molecular weight is 474 g/mol. The van der Waals surface area contributed by atoms with E-state index in [9.17, 15) is 13.2 Å². The quantitative estimate of drug-likeness (QED) is 0.606. The van der Waals surface area contributed by atoms with Crippen molar-refractivity contribution < 1.29 is 17.9 Å². The molecule has 1 fully saturated rings. The zero-order valence-electron chi connectivity index (χ0n) is 19.9. The first kappa shape index (κ1) is 25.2. The Kier molecular flexibility index (Phi) is 8.51. The monoisotopic (exact) mass is 473 g/mol. The Bertz CT molecular complexity index is 1010. The van der Waals surface area contributed by atoms with Crippen LogP contribution < -0.4 is 10.6 Å². The highest BCUT2D eigenvalue weighted by atomic mass is 32.2. The van der Waals surface area contributed by atoms with Crippen molar-refractivity contribution in [2.45, 2.75) is 51.1 Å². The first-order valence-electron chi connectivity index (χ1n) is 11.5. The van der Waals surface area contributed by atoms with Crippen molar-refractivity contribution in [2.75, 3.05) is 26.3 Å². The molecule has 0 aliphatic carbocycles. The number of hydrogen-bond donors (Lipinski definition) is 2. The summed E-state index contributed by atoms with van der Waals surface area (Å²) < 4.78 is 32.1. The van der Waals surface area contributed by atoms with Gasteiger partial charge in [-0.25, -0.2) is 13.2 Å². The van der Waals surface area contributed by atoms with Crippen molar-refractivity contribution >= 4 is 16.1 Å². The van der Waals surface area contributed by atoms with E-state index in [1.54, 1.807) is 24.3 Å². The molecule has 8 heteroatoms. The largest absolute Gasteiger partial charge is 0.379 e. The zero-order valence-corrected chi connectivity index (χ0v) is 20.7. The zero-order chi connectivity index (χ0) is 24.0. The molecule has 1 atom stereocenters. The lowest BCUT2D eigenvalue weighted by molar-refractivity contribution is 0.0730. The fourth-order valence-corrected chi connectivity index (χ4v) is 5.22. The number of nitrogens with one attached hydrogen (secondary N) is 2. The average Bonchev–Trinajstić information content (AvgIpc) is 2.82. The minimum Gasteiger partial charge on any atom is -0.379 e. The van der Waals surface area contributed by atoms with E-state index < -0.39 is 10.0 Å². The van der Waals surface area contributed by atoms with Gasteiger partial charge in [-0.05, 0) is 40.7 Å². The molecule has 3 rings (SSSR count). The second-order valence-electron chi connectivity index (χ2n) is 9.03. The first-order chi connectivity index (χ1) is 15.7. The molecular weight excluding hydrogens is 438 g/mol. The molecule has 1 aliphatic rings. The van der Waals surface area contributed by atoms with Crippen LogP contribution in [0.1, 0.15) is 56.3 Å². The van der Waals surface area contributed by atoms with Gasteiger partial charge in [0.25, 0.3) is 0 Å². The number of carbonyl (C=O) groups excluding carboxylic acids is 1. The molecule has 2 aromatic rings. The minimum absolute atomic E-state index is 0.104. The van der Waals surface area contributed by atoms with Gasteiger partial charge < -0.3 is 15.4 Å². The summed E-state index contributed by atoms with van der Waals surface area (Å²) in [5.74, 6) is 0.688. The van der Waals surface area contributed by atoms with Gasteiger partial charge >= 0.3 is 6.03 Å². The minimum atomic E-state index is -3.52. The number of benzene rings is 2. The molecule has 0 bridgehead atoms. The topological polar surface area (TPSA) is 87.7 Å². The smallest absolute Gasteiger partial charge is 0.315 e. The summed E-state index contributed by atoms with van der Waals surface area (Å²) in [5, 5.41) is 5.94. The van der Waals surface area contributed by atoms with Crippen molar-refractivity contribution in [1.29, 1.82) is 0 Å². The molecule has 180 valence electrons. The lowest BCUT2D eigenvalue weighted by Gasteiger charge is -2.26. The molecule has 2 amide bonds. The third-order valence-corrected chi connectivity index (χ3v) is 7.81. The molecular formula is C25H35N3O4S. The maximum Gasteiger partial charge on any atom is 0.315 e. The Labute approximate surface area is 197 Å². The van der Waals surface area contributed by atoms with E-state index in [0.717, 1.165) is 11.1 Å². The molecule has 1 saturated heterocycles. The molecule has 1 heterocycles. The van der Waals surface area contributed by atoms with Gasteiger partial charge in [-0.3, -0.25) is 0 Å². The highest BCUT2D eigenvalue weighted by molar-refractivity contribution is 7.89. The Hall–Kier alpha value is -2.42. The van der Waals surface area contributed by atoms with Crippen LogP contribution in [-0.2, 0) is 21.3 Å². The predicted molar refractivity (Wildman–Crippen MR) is 130 cm³/mol. The molecule has 1 aliphatic heterocycles. The van der Waals surface area contributed by atoms with Crippen molar-refractivity contribution in [1.82, 2.24) is 14.9 Å². The maximum absolute atomic E-state index is 12.7. The van der Waals surface area contributed by atoms with E-state index in [0.29, 0.717) is 38.8 Å². The number of amides is 2. The van der Waals surface area contributed by atoms with E-state index in [2.05, 4.69) is 62.6 Å². The third-order valence-electron chi connectivity index (χ3n) is 5.90. The number of rotatable bonds is 8. The fourth-order valence-electron chi connectivity index (χ4n) is 3.81. The highest BCUT2D eigenvalue weighted by Gasteiger charge is 2.26. The molecule has 0 spiro atoms. The normalized spacial score (nSPS) is 16.1. The highest BCUT2D eigenvalue weighted by Crippen LogP contribution is 2.24. The van der Waals surface area contributed by atoms with Gasteiger partial charge in [0, 0.05) is 19.6 Å². The van der Waals surface area contributed by atoms with Gasteiger partial charge in [-0.2, -0.15) is 4.31 Å². The van der Waals surface area contributed by atoms with Gasteiger partial charge in [-0.15, -0.1) is 0 Å². The van der Waals surface area contributed by atoms with Gasteiger partial charge in [0.2, 0.25) is 10.0 Å². The van der Waals surface area contributed by atoms with Crippen LogP contribution in [0.15, 0.2) is 53.4 Å².